The van der Waals surface area contributed by atoms with E-state index in [1.165, 1.54) is 58.4 Å². The van der Waals surface area contributed by atoms with Crippen molar-refractivity contribution in [2.24, 2.45) is 0 Å². The van der Waals surface area contributed by atoms with Crippen LogP contribution in [0.4, 0.5) is 0 Å². The van der Waals surface area contributed by atoms with E-state index in [2.05, 4.69) is 156 Å². The van der Waals surface area contributed by atoms with Crippen LogP contribution < -0.4 is 0 Å². The monoisotopic (exact) mass is 629 g/mol. The lowest BCUT2D eigenvalue weighted by atomic mass is 9.95. The van der Waals surface area contributed by atoms with Crippen molar-refractivity contribution in [2.75, 3.05) is 0 Å². The Kier molecular flexibility index (Phi) is 6.05. The van der Waals surface area contributed by atoms with Crippen molar-refractivity contribution in [1.29, 1.82) is 0 Å². The Balaban J connectivity index is 1.28. The second kappa shape index (κ2) is 10.7. The summed E-state index contributed by atoms with van der Waals surface area (Å²) in [5, 5.41) is 7.55. The maximum Gasteiger partial charge on any atom is 0.156 e. The third-order valence-electron chi connectivity index (χ3n) is 9.44. The minimum atomic E-state index is 0.803. The molecule has 0 saturated carbocycles. The van der Waals surface area contributed by atoms with Gasteiger partial charge in [-0.15, -0.1) is 11.3 Å². The van der Waals surface area contributed by atoms with Gasteiger partial charge >= 0.3 is 0 Å². The van der Waals surface area contributed by atoms with Gasteiger partial charge in [0.25, 0.3) is 0 Å². The number of rotatable bonds is 4. The molecule has 3 aromatic heterocycles. The molecule has 3 heterocycles. The van der Waals surface area contributed by atoms with Crippen LogP contribution in [0.5, 0.6) is 0 Å². The van der Waals surface area contributed by atoms with Crippen molar-refractivity contribution in [3.8, 4) is 39.3 Å². The molecule has 0 aliphatic heterocycles. The summed E-state index contributed by atoms with van der Waals surface area (Å²) in [6.07, 6.45) is 3.80. The van der Waals surface area contributed by atoms with Gasteiger partial charge < -0.3 is 0 Å². The van der Waals surface area contributed by atoms with Gasteiger partial charge in [-0.05, 0) is 58.0 Å². The van der Waals surface area contributed by atoms with E-state index >= 15 is 0 Å². The lowest BCUT2D eigenvalue weighted by molar-refractivity contribution is 1.05. The van der Waals surface area contributed by atoms with E-state index in [1.54, 1.807) is 0 Å². The first kappa shape index (κ1) is 27.1. The van der Waals surface area contributed by atoms with Crippen molar-refractivity contribution < 1.29 is 0 Å². The summed E-state index contributed by atoms with van der Waals surface area (Å²) in [4.78, 5) is 10.3. The van der Waals surface area contributed by atoms with Crippen LogP contribution in [-0.4, -0.2) is 14.5 Å². The van der Waals surface area contributed by atoms with Crippen molar-refractivity contribution in [3.63, 3.8) is 0 Å². The van der Waals surface area contributed by atoms with Gasteiger partial charge in [0.1, 0.15) is 0 Å². The molecule has 0 fully saturated rings. The van der Waals surface area contributed by atoms with Crippen LogP contribution in [0.15, 0.2) is 164 Å². The maximum atomic E-state index is 5.41. The first-order valence-corrected chi connectivity index (χ1v) is 17.0. The average molecular weight is 630 g/mol. The number of thiophene rings is 1. The fraction of sp³-hybridized carbons (Fsp3) is 0. The summed E-state index contributed by atoms with van der Waals surface area (Å²) >= 11 is 1.87. The largest absolute Gasteiger partial charge is 0.292 e. The molecule has 7 aromatic carbocycles. The Morgan fingerprint density at radius 1 is 0.458 bits per heavy atom. The molecule has 0 unspecified atom stereocenters. The standard InChI is InChI=1S/C44H27N3S/c1-3-13-28(14-4-1)30-23-31(29-15-5-2-6-16-29)25-32(24-30)37-26-45-27-40(46-37)47-38-21-11-9-19-35(38)41-33-17-7-8-18-34(33)44-42(43(41)47)36-20-10-12-22-39(36)48-44/h1-27H. The van der Waals surface area contributed by atoms with Crippen LogP contribution in [0.3, 0.4) is 0 Å². The van der Waals surface area contributed by atoms with Crippen LogP contribution in [0, 0.1) is 0 Å². The first-order chi connectivity index (χ1) is 23.8. The van der Waals surface area contributed by atoms with Gasteiger partial charge in [0, 0.05) is 41.9 Å². The topological polar surface area (TPSA) is 30.7 Å². The Morgan fingerprint density at radius 3 is 1.77 bits per heavy atom. The number of hydrogen-bond acceptors (Lipinski definition) is 3. The molecule has 10 rings (SSSR count). The smallest absolute Gasteiger partial charge is 0.156 e. The van der Waals surface area contributed by atoms with Crippen molar-refractivity contribution in [1.82, 2.24) is 14.5 Å². The van der Waals surface area contributed by atoms with Gasteiger partial charge in [-0.3, -0.25) is 9.55 Å². The van der Waals surface area contributed by atoms with Crippen LogP contribution in [-0.2, 0) is 0 Å². The first-order valence-electron chi connectivity index (χ1n) is 16.2. The lowest BCUT2D eigenvalue weighted by Gasteiger charge is -2.13. The minimum absolute atomic E-state index is 0.803. The number of fused-ring (bicyclic) bond motifs is 10. The predicted molar refractivity (Wildman–Crippen MR) is 203 cm³/mol. The SMILES string of the molecule is c1ccc(-c2cc(-c3ccccc3)cc(-c3cncc(-n4c5ccccc5c5c6ccccc6c6sc7ccccc7c6c54)n3)c2)cc1. The molecule has 0 N–H and O–H groups in total. The highest BCUT2D eigenvalue weighted by Gasteiger charge is 2.22. The van der Waals surface area contributed by atoms with Crippen molar-refractivity contribution in [2.45, 2.75) is 0 Å². The molecular weight excluding hydrogens is 603 g/mol. The molecule has 4 heteroatoms. The molecule has 48 heavy (non-hydrogen) atoms. The van der Waals surface area contributed by atoms with Crippen molar-refractivity contribution in [3.05, 3.63) is 164 Å². The number of para-hydroxylation sites is 1. The van der Waals surface area contributed by atoms with Gasteiger partial charge in [0.15, 0.2) is 5.82 Å². The van der Waals surface area contributed by atoms with Crippen LogP contribution in [0.1, 0.15) is 0 Å². The maximum absolute atomic E-state index is 5.41. The van der Waals surface area contributed by atoms with E-state index < -0.39 is 0 Å². The summed E-state index contributed by atoms with van der Waals surface area (Å²) in [5.41, 5.74) is 8.79. The summed E-state index contributed by atoms with van der Waals surface area (Å²) < 4.78 is 4.93. The molecular formula is C44H27N3S. The molecule has 0 bridgehead atoms. The molecule has 224 valence electrons. The molecule has 0 aliphatic carbocycles. The molecule has 3 nitrogen and oxygen atoms in total. The second-order valence-electron chi connectivity index (χ2n) is 12.2. The zero-order valence-corrected chi connectivity index (χ0v) is 26.7. The molecule has 10 aromatic rings. The summed E-state index contributed by atoms with van der Waals surface area (Å²) in [6.45, 7) is 0. The fourth-order valence-electron chi connectivity index (χ4n) is 7.33. The summed E-state index contributed by atoms with van der Waals surface area (Å²) in [5.74, 6) is 0.803. The predicted octanol–water partition coefficient (Wildman–Crippen LogP) is 12.1. The van der Waals surface area contributed by atoms with E-state index in [1.807, 2.05) is 23.7 Å². The van der Waals surface area contributed by atoms with Crippen LogP contribution >= 0.6 is 11.3 Å². The van der Waals surface area contributed by atoms with E-state index in [0.29, 0.717) is 0 Å². The highest BCUT2D eigenvalue weighted by Crippen LogP contribution is 2.47. The second-order valence-corrected chi connectivity index (χ2v) is 13.3. The van der Waals surface area contributed by atoms with Crippen LogP contribution in [0.25, 0.3) is 92.1 Å². The van der Waals surface area contributed by atoms with E-state index in [0.717, 1.165) is 33.7 Å². The summed E-state index contributed by atoms with van der Waals surface area (Å²) in [7, 11) is 0. The van der Waals surface area contributed by atoms with Crippen LogP contribution in [0.2, 0.25) is 0 Å². The molecule has 0 aliphatic rings. The highest BCUT2D eigenvalue weighted by molar-refractivity contribution is 7.27. The minimum Gasteiger partial charge on any atom is -0.292 e. The Morgan fingerprint density at radius 2 is 1.04 bits per heavy atom. The fourth-order valence-corrected chi connectivity index (χ4v) is 8.57. The van der Waals surface area contributed by atoms with E-state index in [9.17, 15) is 0 Å². The molecule has 0 spiro atoms. The van der Waals surface area contributed by atoms with Crippen molar-refractivity contribution >= 4 is 64.1 Å². The number of hydrogen-bond donors (Lipinski definition) is 0. The number of benzene rings is 7. The van der Waals surface area contributed by atoms with Gasteiger partial charge in [-0.2, -0.15) is 0 Å². The van der Waals surface area contributed by atoms with E-state index in [-0.39, 0.29) is 0 Å². The Hall–Kier alpha value is -6.10. The molecule has 0 saturated heterocycles. The van der Waals surface area contributed by atoms with Gasteiger partial charge in [-0.1, -0.05) is 121 Å². The normalized spacial score (nSPS) is 11.8. The number of aromatic nitrogens is 3. The molecule has 0 amide bonds. The third-order valence-corrected chi connectivity index (χ3v) is 10.6. The zero-order chi connectivity index (χ0) is 31.6. The Labute approximate surface area is 281 Å². The molecule has 0 radical (unpaired) electrons. The number of nitrogens with zero attached hydrogens (tertiary/aromatic N) is 3. The van der Waals surface area contributed by atoms with Gasteiger partial charge in [0.05, 0.1) is 29.1 Å². The lowest BCUT2D eigenvalue weighted by Crippen LogP contribution is -2.00. The highest BCUT2D eigenvalue weighted by atomic mass is 32.1. The summed E-state index contributed by atoms with van der Waals surface area (Å²) in [6, 6.07) is 54.2. The van der Waals surface area contributed by atoms with Gasteiger partial charge in [-0.25, -0.2) is 4.98 Å². The zero-order valence-electron chi connectivity index (χ0n) is 25.8. The Bertz CT molecular complexity index is 2770. The average Bonchev–Trinajstić information content (AvgIpc) is 3.72. The van der Waals surface area contributed by atoms with Gasteiger partial charge in [0.2, 0.25) is 0 Å². The molecule has 0 atom stereocenters. The van der Waals surface area contributed by atoms with E-state index in [4.69, 9.17) is 9.97 Å². The quantitative estimate of drug-likeness (QED) is 0.194. The third kappa shape index (κ3) is 4.13.